The monoisotopic (exact) mass is 175 g/mol. The zero-order chi connectivity index (χ0) is 8.27. The highest BCUT2D eigenvalue weighted by Crippen LogP contribution is 2.25. The van der Waals surface area contributed by atoms with Crippen LogP contribution in [0.5, 0.6) is 0 Å². The van der Waals surface area contributed by atoms with Crippen molar-refractivity contribution in [1.82, 2.24) is 5.32 Å². The van der Waals surface area contributed by atoms with Gasteiger partial charge in [-0.1, -0.05) is 6.92 Å². The van der Waals surface area contributed by atoms with Crippen LogP contribution in [0.1, 0.15) is 20.3 Å². The molecule has 0 bridgehead atoms. The standard InChI is InChI=1S/C8H17NOS/c1-6(10)5-9-8-3-4-11-7(8)2/h6-10H,3-5H2,1-2H3/t6-,7?,8?/m1/s1. The molecule has 1 heterocycles. The summed E-state index contributed by atoms with van der Waals surface area (Å²) in [7, 11) is 0. The third-order valence-corrected chi connectivity index (χ3v) is 3.38. The summed E-state index contributed by atoms with van der Waals surface area (Å²) in [6.45, 7) is 4.80. The van der Waals surface area contributed by atoms with Crippen LogP contribution in [-0.4, -0.2) is 34.8 Å². The molecule has 2 unspecified atom stereocenters. The fourth-order valence-corrected chi connectivity index (χ4v) is 2.55. The fourth-order valence-electron chi connectivity index (χ4n) is 1.32. The van der Waals surface area contributed by atoms with Crippen molar-refractivity contribution in [2.45, 2.75) is 37.7 Å². The van der Waals surface area contributed by atoms with E-state index in [1.165, 1.54) is 12.2 Å². The van der Waals surface area contributed by atoms with Crippen molar-refractivity contribution in [1.29, 1.82) is 0 Å². The SMILES string of the molecule is CC1SCCC1NC[C@@H](C)O. The molecule has 0 aromatic rings. The van der Waals surface area contributed by atoms with E-state index in [1.54, 1.807) is 0 Å². The first-order valence-electron chi connectivity index (χ1n) is 4.23. The summed E-state index contributed by atoms with van der Waals surface area (Å²) in [5, 5.41) is 13.1. The Labute approximate surface area is 72.8 Å². The summed E-state index contributed by atoms with van der Waals surface area (Å²) in [4.78, 5) is 0. The van der Waals surface area contributed by atoms with Gasteiger partial charge >= 0.3 is 0 Å². The van der Waals surface area contributed by atoms with Crippen LogP contribution >= 0.6 is 11.8 Å². The zero-order valence-corrected chi connectivity index (χ0v) is 8.03. The van der Waals surface area contributed by atoms with Crippen LogP contribution in [0, 0.1) is 0 Å². The summed E-state index contributed by atoms with van der Waals surface area (Å²) in [5.74, 6) is 1.26. The number of hydrogen-bond acceptors (Lipinski definition) is 3. The van der Waals surface area contributed by atoms with Crippen molar-refractivity contribution in [3.8, 4) is 0 Å². The summed E-state index contributed by atoms with van der Waals surface area (Å²) in [6.07, 6.45) is 1.03. The van der Waals surface area contributed by atoms with Gasteiger partial charge in [-0.15, -0.1) is 0 Å². The molecule has 1 aliphatic heterocycles. The van der Waals surface area contributed by atoms with Crippen molar-refractivity contribution >= 4 is 11.8 Å². The van der Waals surface area contributed by atoms with Gasteiger partial charge in [0.2, 0.25) is 0 Å². The van der Waals surface area contributed by atoms with Gasteiger partial charge < -0.3 is 10.4 Å². The molecule has 0 spiro atoms. The summed E-state index contributed by atoms with van der Waals surface area (Å²) in [5.41, 5.74) is 0. The van der Waals surface area contributed by atoms with E-state index in [2.05, 4.69) is 12.2 Å². The van der Waals surface area contributed by atoms with Crippen LogP contribution in [-0.2, 0) is 0 Å². The topological polar surface area (TPSA) is 32.3 Å². The molecule has 1 aliphatic rings. The molecule has 0 aromatic heterocycles. The first-order chi connectivity index (χ1) is 5.20. The summed E-state index contributed by atoms with van der Waals surface area (Å²) < 4.78 is 0. The second-order valence-electron chi connectivity index (χ2n) is 3.23. The van der Waals surface area contributed by atoms with E-state index in [0.717, 1.165) is 6.54 Å². The Hall–Kier alpha value is 0.270. The molecule has 66 valence electrons. The van der Waals surface area contributed by atoms with Crippen molar-refractivity contribution in [2.75, 3.05) is 12.3 Å². The minimum atomic E-state index is -0.215. The van der Waals surface area contributed by atoms with E-state index in [-0.39, 0.29) is 6.10 Å². The lowest BCUT2D eigenvalue weighted by atomic mass is 10.1. The molecular weight excluding hydrogens is 158 g/mol. The molecule has 1 fully saturated rings. The lowest BCUT2D eigenvalue weighted by Gasteiger charge is -2.17. The summed E-state index contributed by atoms with van der Waals surface area (Å²) in [6, 6.07) is 0.620. The maximum atomic E-state index is 9.03. The molecular formula is C8H17NOS. The van der Waals surface area contributed by atoms with E-state index in [0.29, 0.717) is 11.3 Å². The highest BCUT2D eigenvalue weighted by Gasteiger charge is 2.23. The number of rotatable bonds is 3. The van der Waals surface area contributed by atoms with E-state index in [4.69, 9.17) is 5.11 Å². The lowest BCUT2D eigenvalue weighted by molar-refractivity contribution is 0.186. The van der Waals surface area contributed by atoms with Gasteiger partial charge in [-0.05, 0) is 19.1 Å². The van der Waals surface area contributed by atoms with Crippen LogP contribution in [0.2, 0.25) is 0 Å². The summed E-state index contributed by atoms with van der Waals surface area (Å²) >= 11 is 2.01. The van der Waals surface area contributed by atoms with Gasteiger partial charge in [-0.2, -0.15) is 11.8 Å². The maximum Gasteiger partial charge on any atom is 0.0636 e. The van der Waals surface area contributed by atoms with Crippen LogP contribution < -0.4 is 5.32 Å². The second-order valence-corrected chi connectivity index (χ2v) is 4.71. The Balaban J connectivity index is 2.15. The average molecular weight is 175 g/mol. The van der Waals surface area contributed by atoms with E-state index < -0.39 is 0 Å². The van der Waals surface area contributed by atoms with Gasteiger partial charge in [0.05, 0.1) is 6.10 Å². The lowest BCUT2D eigenvalue weighted by Crippen LogP contribution is -2.37. The molecule has 1 rings (SSSR count). The normalized spacial score (nSPS) is 34.1. The minimum absolute atomic E-state index is 0.215. The Morgan fingerprint density at radius 2 is 2.45 bits per heavy atom. The fraction of sp³-hybridized carbons (Fsp3) is 1.00. The number of aliphatic hydroxyl groups is 1. The second kappa shape index (κ2) is 4.33. The molecule has 0 aliphatic carbocycles. The van der Waals surface area contributed by atoms with E-state index >= 15 is 0 Å². The third-order valence-electron chi connectivity index (χ3n) is 2.05. The molecule has 1 saturated heterocycles. The van der Waals surface area contributed by atoms with Crippen LogP contribution in [0.4, 0.5) is 0 Å². The molecule has 2 N–H and O–H groups in total. The highest BCUT2D eigenvalue weighted by atomic mass is 32.2. The van der Waals surface area contributed by atoms with E-state index in [1.807, 2.05) is 18.7 Å². The molecule has 11 heavy (non-hydrogen) atoms. The van der Waals surface area contributed by atoms with E-state index in [9.17, 15) is 0 Å². The molecule has 3 heteroatoms. The van der Waals surface area contributed by atoms with Gasteiger partial charge in [0.15, 0.2) is 0 Å². The number of aliphatic hydroxyl groups excluding tert-OH is 1. The average Bonchev–Trinajstić information content (AvgIpc) is 2.31. The maximum absolute atomic E-state index is 9.03. The number of thioether (sulfide) groups is 1. The van der Waals surface area contributed by atoms with Gasteiger partial charge in [-0.3, -0.25) is 0 Å². The molecule has 0 saturated carbocycles. The van der Waals surface area contributed by atoms with Gasteiger partial charge in [0, 0.05) is 17.8 Å². The minimum Gasteiger partial charge on any atom is -0.392 e. The highest BCUT2D eigenvalue weighted by molar-refractivity contribution is 8.00. The Morgan fingerprint density at radius 3 is 2.91 bits per heavy atom. The molecule has 2 nitrogen and oxygen atoms in total. The third kappa shape index (κ3) is 3.01. The van der Waals surface area contributed by atoms with Gasteiger partial charge in [-0.25, -0.2) is 0 Å². The predicted molar refractivity (Wildman–Crippen MR) is 50.0 cm³/mol. The Morgan fingerprint density at radius 1 is 1.73 bits per heavy atom. The number of hydrogen-bond donors (Lipinski definition) is 2. The quantitative estimate of drug-likeness (QED) is 0.667. The van der Waals surface area contributed by atoms with Crippen molar-refractivity contribution < 1.29 is 5.11 Å². The van der Waals surface area contributed by atoms with Gasteiger partial charge in [0.25, 0.3) is 0 Å². The molecule has 0 radical (unpaired) electrons. The molecule has 0 amide bonds. The molecule has 3 atom stereocenters. The van der Waals surface area contributed by atoms with Crippen molar-refractivity contribution in [3.63, 3.8) is 0 Å². The first-order valence-corrected chi connectivity index (χ1v) is 5.28. The zero-order valence-electron chi connectivity index (χ0n) is 7.21. The largest absolute Gasteiger partial charge is 0.392 e. The predicted octanol–water partition coefficient (Wildman–Crippen LogP) is 0.851. The van der Waals surface area contributed by atoms with Crippen LogP contribution in [0.25, 0.3) is 0 Å². The Bertz CT molecular complexity index is 119. The first kappa shape index (κ1) is 9.36. The van der Waals surface area contributed by atoms with Crippen molar-refractivity contribution in [3.05, 3.63) is 0 Å². The van der Waals surface area contributed by atoms with Crippen molar-refractivity contribution in [2.24, 2.45) is 0 Å². The van der Waals surface area contributed by atoms with Crippen LogP contribution in [0.3, 0.4) is 0 Å². The smallest absolute Gasteiger partial charge is 0.0636 e. The number of nitrogens with one attached hydrogen (secondary N) is 1. The van der Waals surface area contributed by atoms with Gasteiger partial charge in [0.1, 0.15) is 0 Å². The molecule has 0 aromatic carbocycles. The van der Waals surface area contributed by atoms with Crippen LogP contribution in [0.15, 0.2) is 0 Å². The Kier molecular flexibility index (Phi) is 3.69.